The number of likely N-dealkylation sites (tertiary alicyclic amines) is 1. The summed E-state index contributed by atoms with van der Waals surface area (Å²) in [5.41, 5.74) is 1.12. The first kappa shape index (κ1) is 14.7. The van der Waals surface area contributed by atoms with Crippen molar-refractivity contribution in [3.8, 4) is 0 Å². The number of benzene rings is 1. The van der Waals surface area contributed by atoms with Crippen molar-refractivity contribution in [2.45, 2.75) is 25.5 Å². The van der Waals surface area contributed by atoms with Crippen LogP contribution in [0.3, 0.4) is 0 Å². The van der Waals surface area contributed by atoms with E-state index in [9.17, 15) is 14.3 Å². The van der Waals surface area contributed by atoms with E-state index in [-0.39, 0.29) is 11.9 Å². The molecule has 1 aromatic carbocycles. The topological polar surface area (TPSA) is 60.8 Å². The highest BCUT2D eigenvalue weighted by atomic mass is 19.1. The molecule has 0 bridgehead atoms. The number of halogens is 1. The highest BCUT2D eigenvalue weighted by Gasteiger charge is 2.17. The Morgan fingerprint density at radius 1 is 1.40 bits per heavy atom. The van der Waals surface area contributed by atoms with Crippen LogP contribution in [0.25, 0.3) is 6.08 Å². The SMILES string of the molecule is O=C(O)C=Cc1ccc(CN2CCC(O)CC2)c(F)c1. The zero-order valence-corrected chi connectivity index (χ0v) is 11.1. The lowest BCUT2D eigenvalue weighted by Crippen LogP contribution is -2.35. The number of piperidine rings is 1. The number of aliphatic hydroxyl groups excluding tert-OH is 1. The molecule has 0 aliphatic carbocycles. The zero-order chi connectivity index (χ0) is 14.5. The molecule has 0 radical (unpaired) electrons. The Morgan fingerprint density at radius 3 is 2.70 bits per heavy atom. The Morgan fingerprint density at radius 2 is 2.10 bits per heavy atom. The number of carboxylic acids is 1. The molecule has 1 fully saturated rings. The predicted octanol–water partition coefficient (Wildman–Crippen LogP) is 1.88. The van der Waals surface area contributed by atoms with Gasteiger partial charge < -0.3 is 10.2 Å². The number of hydrogen-bond donors (Lipinski definition) is 2. The van der Waals surface area contributed by atoms with Crippen molar-refractivity contribution in [2.75, 3.05) is 13.1 Å². The van der Waals surface area contributed by atoms with Crippen molar-refractivity contribution in [2.24, 2.45) is 0 Å². The molecule has 2 N–H and O–H groups in total. The number of aliphatic carboxylic acids is 1. The molecule has 5 heteroatoms. The van der Waals surface area contributed by atoms with Gasteiger partial charge in [0.1, 0.15) is 5.82 Å². The summed E-state index contributed by atoms with van der Waals surface area (Å²) < 4.78 is 13.9. The van der Waals surface area contributed by atoms with E-state index < -0.39 is 5.97 Å². The van der Waals surface area contributed by atoms with Crippen molar-refractivity contribution in [1.29, 1.82) is 0 Å². The third-order valence-corrected chi connectivity index (χ3v) is 3.45. The van der Waals surface area contributed by atoms with E-state index >= 15 is 0 Å². The molecule has 1 heterocycles. The highest BCUT2D eigenvalue weighted by molar-refractivity contribution is 5.85. The Hall–Kier alpha value is -1.72. The lowest BCUT2D eigenvalue weighted by molar-refractivity contribution is -0.131. The predicted molar refractivity (Wildman–Crippen MR) is 73.6 cm³/mol. The summed E-state index contributed by atoms with van der Waals surface area (Å²) in [6.45, 7) is 2.05. The van der Waals surface area contributed by atoms with Crippen LogP contribution in [-0.2, 0) is 11.3 Å². The van der Waals surface area contributed by atoms with Crippen LogP contribution in [0.15, 0.2) is 24.3 Å². The second kappa shape index (κ2) is 6.63. The minimum Gasteiger partial charge on any atom is -0.478 e. The van der Waals surface area contributed by atoms with Crippen LogP contribution < -0.4 is 0 Å². The molecule has 108 valence electrons. The maximum atomic E-state index is 13.9. The fraction of sp³-hybridized carbons (Fsp3) is 0.400. The number of aliphatic hydroxyl groups is 1. The zero-order valence-electron chi connectivity index (χ0n) is 11.1. The Labute approximate surface area is 117 Å². The number of carboxylic acid groups (broad SMARTS) is 1. The molecule has 4 nitrogen and oxygen atoms in total. The molecule has 0 amide bonds. The van der Waals surface area contributed by atoms with Crippen molar-refractivity contribution in [1.82, 2.24) is 4.90 Å². The molecule has 20 heavy (non-hydrogen) atoms. The fourth-order valence-corrected chi connectivity index (χ4v) is 2.28. The second-order valence-corrected chi connectivity index (χ2v) is 5.03. The van der Waals surface area contributed by atoms with E-state index in [4.69, 9.17) is 5.11 Å². The number of carbonyl (C=O) groups is 1. The summed E-state index contributed by atoms with van der Waals surface area (Å²) in [4.78, 5) is 12.5. The van der Waals surface area contributed by atoms with E-state index in [2.05, 4.69) is 4.90 Å². The van der Waals surface area contributed by atoms with E-state index in [0.717, 1.165) is 32.0 Å². The molecule has 0 atom stereocenters. The van der Waals surface area contributed by atoms with Crippen molar-refractivity contribution >= 4 is 12.0 Å². The smallest absolute Gasteiger partial charge is 0.328 e. The standard InChI is InChI=1S/C15H18FNO3/c16-14-9-11(2-4-15(19)20)1-3-12(14)10-17-7-5-13(18)6-8-17/h1-4,9,13,18H,5-8,10H2,(H,19,20). The Balaban J connectivity index is 2.00. The minimum absolute atomic E-state index is 0.236. The average molecular weight is 279 g/mol. The average Bonchev–Trinajstić information content (AvgIpc) is 2.41. The summed E-state index contributed by atoms with van der Waals surface area (Å²) in [5.74, 6) is -1.38. The summed E-state index contributed by atoms with van der Waals surface area (Å²) in [6, 6.07) is 4.73. The monoisotopic (exact) mass is 279 g/mol. The molecule has 0 saturated carbocycles. The van der Waals surface area contributed by atoms with Gasteiger partial charge in [0.25, 0.3) is 0 Å². The largest absolute Gasteiger partial charge is 0.478 e. The molecule has 0 aromatic heterocycles. The summed E-state index contributed by atoms with van der Waals surface area (Å²) in [5, 5.41) is 18.0. The van der Waals surface area contributed by atoms with E-state index in [1.165, 1.54) is 12.1 Å². The van der Waals surface area contributed by atoms with Gasteiger partial charge in [-0.1, -0.05) is 12.1 Å². The molecule has 0 unspecified atom stereocenters. The van der Waals surface area contributed by atoms with Gasteiger partial charge in [-0.05, 0) is 30.5 Å². The quantitative estimate of drug-likeness (QED) is 0.826. The molecule has 1 aromatic rings. The lowest BCUT2D eigenvalue weighted by Gasteiger charge is -2.29. The van der Waals surface area contributed by atoms with Crippen molar-refractivity contribution in [3.05, 3.63) is 41.2 Å². The maximum Gasteiger partial charge on any atom is 0.328 e. The lowest BCUT2D eigenvalue weighted by atomic mass is 10.1. The van der Waals surface area contributed by atoms with Crippen LogP contribution in [-0.4, -0.2) is 40.3 Å². The van der Waals surface area contributed by atoms with Gasteiger partial charge in [-0.15, -0.1) is 0 Å². The van der Waals surface area contributed by atoms with Gasteiger partial charge in [-0.25, -0.2) is 9.18 Å². The first-order chi connectivity index (χ1) is 9.54. The van der Waals surface area contributed by atoms with Crippen LogP contribution in [0, 0.1) is 5.82 Å². The van der Waals surface area contributed by atoms with Gasteiger partial charge in [0.2, 0.25) is 0 Å². The molecular weight excluding hydrogens is 261 g/mol. The molecule has 1 aliphatic rings. The Bertz CT molecular complexity index is 508. The van der Waals surface area contributed by atoms with Crippen LogP contribution in [0.2, 0.25) is 0 Å². The highest BCUT2D eigenvalue weighted by Crippen LogP contribution is 2.17. The van der Waals surface area contributed by atoms with Gasteiger partial charge in [0.15, 0.2) is 0 Å². The van der Waals surface area contributed by atoms with E-state index in [1.54, 1.807) is 12.1 Å². The molecule has 1 saturated heterocycles. The minimum atomic E-state index is -1.05. The van der Waals surface area contributed by atoms with E-state index in [1.807, 2.05) is 0 Å². The van der Waals surface area contributed by atoms with Gasteiger partial charge in [0.05, 0.1) is 6.10 Å². The molecule has 2 rings (SSSR count). The van der Waals surface area contributed by atoms with Gasteiger partial charge >= 0.3 is 5.97 Å². The molecule has 0 spiro atoms. The van der Waals surface area contributed by atoms with Crippen molar-refractivity contribution < 1.29 is 19.4 Å². The van der Waals surface area contributed by atoms with Crippen LogP contribution in [0.5, 0.6) is 0 Å². The first-order valence-corrected chi connectivity index (χ1v) is 6.64. The maximum absolute atomic E-state index is 13.9. The fourth-order valence-electron chi connectivity index (χ4n) is 2.28. The van der Waals surface area contributed by atoms with E-state index in [0.29, 0.717) is 17.7 Å². The number of rotatable bonds is 4. The summed E-state index contributed by atoms with van der Waals surface area (Å²) in [6.07, 6.45) is 3.56. The summed E-state index contributed by atoms with van der Waals surface area (Å²) in [7, 11) is 0. The first-order valence-electron chi connectivity index (χ1n) is 6.64. The number of nitrogens with zero attached hydrogens (tertiary/aromatic N) is 1. The third-order valence-electron chi connectivity index (χ3n) is 3.45. The number of hydrogen-bond acceptors (Lipinski definition) is 3. The van der Waals surface area contributed by atoms with Crippen LogP contribution >= 0.6 is 0 Å². The van der Waals surface area contributed by atoms with Crippen molar-refractivity contribution in [3.63, 3.8) is 0 Å². The summed E-state index contributed by atoms with van der Waals surface area (Å²) >= 11 is 0. The van der Waals surface area contributed by atoms with Gasteiger partial charge in [-0.2, -0.15) is 0 Å². The third kappa shape index (κ3) is 4.15. The normalized spacial score (nSPS) is 17.7. The van der Waals surface area contributed by atoms with Gasteiger partial charge in [0, 0.05) is 31.3 Å². The van der Waals surface area contributed by atoms with Crippen LogP contribution in [0.1, 0.15) is 24.0 Å². The van der Waals surface area contributed by atoms with Gasteiger partial charge in [-0.3, -0.25) is 4.90 Å². The second-order valence-electron chi connectivity index (χ2n) is 5.03. The molecular formula is C15H18FNO3. The Kier molecular flexibility index (Phi) is 4.87. The molecule has 1 aliphatic heterocycles. The van der Waals surface area contributed by atoms with Crippen LogP contribution in [0.4, 0.5) is 4.39 Å².